The van der Waals surface area contributed by atoms with Crippen molar-refractivity contribution >= 4 is 23.0 Å². The van der Waals surface area contributed by atoms with Gasteiger partial charge in [-0.1, -0.05) is 71.3 Å². The van der Waals surface area contributed by atoms with Crippen molar-refractivity contribution in [1.29, 1.82) is 0 Å². The fraction of sp³-hybridized carbons (Fsp3) is 0.850. The Hall–Kier alpha value is -0.350. The van der Waals surface area contributed by atoms with Gasteiger partial charge in [0, 0.05) is 11.6 Å². The highest BCUT2D eigenvalue weighted by Gasteiger charge is 2.12. The number of halogens is 1. The predicted molar refractivity (Wildman–Crippen MR) is 110 cm³/mol. The molecule has 0 aromatic rings. The van der Waals surface area contributed by atoms with Crippen molar-refractivity contribution in [3.63, 3.8) is 0 Å². The van der Waals surface area contributed by atoms with E-state index in [1.807, 2.05) is 0 Å². The fourth-order valence-electron chi connectivity index (χ4n) is 2.76. The summed E-state index contributed by atoms with van der Waals surface area (Å²) in [4.78, 5) is 13.6. The van der Waals surface area contributed by atoms with Crippen LogP contribution in [-0.2, 0) is 9.53 Å². The second-order valence-corrected chi connectivity index (χ2v) is 6.94. The molecule has 144 valence electrons. The predicted octanol–water partition coefficient (Wildman–Crippen LogP) is 5.92. The average Bonchev–Trinajstić information content (AvgIpc) is 2.50. The van der Waals surface area contributed by atoms with Crippen LogP contribution < -0.4 is 0 Å². The van der Waals surface area contributed by atoms with Crippen LogP contribution in [0.15, 0.2) is 12.2 Å². The first-order chi connectivity index (χ1) is 11.0. The molecule has 0 aromatic carbocycles. The summed E-state index contributed by atoms with van der Waals surface area (Å²) in [5.41, 5.74) is 0.477. The van der Waals surface area contributed by atoms with E-state index < -0.39 is 0 Å². The highest BCUT2D eigenvalue weighted by molar-refractivity contribution is 8.93. The smallest absolute Gasteiger partial charge is 0.333 e. The Morgan fingerprint density at radius 3 is 1.92 bits per heavy atom. The van der Waals surface area contributed by atoms with E-state index in [0.29, 0.717) is 18.2 Å². The maximum Gasteiger partial charge on any atom is 0.333 e. The number of esters is 1. The topological polar surface area (TPSA) is 29.5 Å². The lowest BCUT2D eigenvalue weighted by Gasteiger charge is -2.24. The first-order valence-corrected chi connectivity index (χ1v) is 9.48. The number of rotatable bonds is 15. The summed E-state index contributed by atoms with van der Waals surface area (Å²) >= 11 is 0. The van der Waals surface area contributed by atoms with Crippen LogP contribution in [0.25, 0.3) is 0 Å². The molecule has 0 heterocycles. The first-order valence-electron chi connectivity index (χ1n) is 9.48. The molecule has 0 saturated heterocycles. The number of nitrogens with zero attached hydrogens (tertiary/aromatic N) is 1. The highest BCUT2D eigenvalue weighted by Crippen LogP contribution is 2.14. The number of unbranched alkanes of at least 4 members (excludes halogenated alkanes) is 8. The van der Waals surface area contributed by atoms with Crippen molar-refractivity contribution < 1.29 is 9.53 Å². The Bertz CT molecular complexity index is 319. The Kier molecular flexibility index (Phi) is 18.8. The minimum Gasteiger partial charge on any atom is -0.462 e. The second-order valence-electron chi connectivity index (χ2n) is 6.94. The van der Waals surface area contributed by atoms with Crippen LogP contribution in [-0.4, -0.2) is 37.6 Å². The summed E-state index contributed by atoms with van der Waals surface area (Å²) in [7, 11) is 4.22. The zero-order valence-electron chi connectivity index (χ0n) is 16.4. The van der Waals surface area contributed by atoms with Crippen molar-refractivity contribution in [3.8, 4) is 0 Å². The van der Waals surface area contributed by atoms with E-state index in [2.05, 4.69) is 32.5 Å². The van der Waals surface area contributed by atoms with Gasteiger partial charge in [-0.3, -0.25) is 0 Å². The van der Waals surface area contributed by atoms with E-state index in [0.717, 1.165) is 6.42 Å². The van der Waals surface area contributed by atoms with Gasteiger partial charge in [-0.15, -0.1) is 17.0 Å². The summed E-state index contributed by atoms with van der Waals surface area (Å²) in [6, 6.07) is 0.498. The van der Waals surface area contributed by atoms with Crippen LogP contribution >= 0.6 is 17.0 Å². The SMILES string of the molecule is Br.C=C(C)C(=O)OCCC(CCCCCCCCCCC)N(C)C. The normalized spacial score (nSPS) is 11.9. The van der Waals surface area contributed by atoms with E-state index in [-0.39, 0.29) is 23.0 Å². The van der Waals surface area contributed by atoms with E-state index in [1.54, 1.807) is 6.92 Å². The molecule has 0 N–H and O–H groups in total. The molecule has 0 aromatic heterocycles. The Morgan fingerprint density at radius 1 is 0.958 bits per heavy atom. The van der Waals surface area contributed by atoms with Crippen LogP contribution in [0, 0.1) is 0 Å². The maximum absolute atomic E-state index is 11.4. The molecular formula is C20H40BrNO2. The van der Waals surface area contributed by atoms with E-state index >= 15 is 0 Å². The standard InChI is InChI=1S/C20H39NO2.BrH/c1-6-7-8-9-10-11-12-13-14-15-19(21(4)5)16-17-23-20(22)18(2)3;/h19H,2,6-17H2,1,3-5H3;1H. The molecule has 0 fully saturated rings. The van der Waals surface area contributed by atoms with Gasteiger partial charge in [0.1, 0.15) is 0 Å². The molecule has 1 unspecified atom stereocenters. The Labute approximate surface area is 161 Å². The van der Waals surface area contributed by atoms with Crippen molar-refractivity contribution in [1.82, 2.24) is 4.90 Å². The van der Waals surface area contributed by atoms with Crippen LogP contribution in [0.4, 0.5) is 0 Å². The van der Waals surface area contributed by atoms with E-state index in [1.165, 1.54) is 64.2 Å². The lowest BCUT2D eigenvalue weighted by molar-refractivity contribution is -0.139. The molecule has 3 nitrogen and oxygen atoms in total. The third kappa shape index (κ3) is 15.2. The minimum absolute atomic E-state index is 0. The van der Waals surface area contributed by atoms with Crippen molar-refractivity contribution in [3.05, 3.63) is 12.2 Å². The zero-order chi connectivity index (χ0) is 17.5. The number of carbonyl (C=O) groups is 1. The monoisotopic (exact) mass is 405 g/mol. The summed E-state index contributed by atoms with van der Waals surface area (Å²) in [6.45, 7) is 8.05. The van der Waals surface area contributed by atoms with Gasteiger partial charge in [0.15, 0.2) is 0 Å². The molecule has 0 bridgehead atoms. The third-order valence-corrected chi connectivity index (χ3v) is 4.40. The lowest BCUT2D eigenvalue weighted by Crippen LogP contribution is -2.29. The van der Waals surface area contributed by atoms with Crippen molar-refractivity contribution in [2.75, 3.05) is 20.7 Å². The molecule has 0 aliphatic rings. The number of carbonyl (C=O) groups excluding carboxylic acids is 1. The molecule has 0 aliphatic heterocycles. The highest BCUT2D eigenvalue weighted by atomic mass is 79.9. The van der Waals surface area contributed by atoms with Crippen LogP contribution in [0.5, 0.6) is 0 Å². The molecule has 0 radical (unpaired) electrons. The maximum atomic E-state index is 11.4. The molecule has 4 heteroatoms. The number of ether oxygens (including phenoxy) is 1. The third-order valence-electron chi connectivity index (χ3n) is 4.40. The van der Waals surface area contributed by atoms with Crippen molar-refractivity contribution in [2.24, 2.45) is 0 Å². The summed E-state index contributed by atoms with van der Waals surface area (Å²) in [5.74, 6) is -0.273. The molecular weight excluding hydrogens is 366 g/mol. The minimum atomic E-state index is -0.273. The summed E-state index contributed by atoms with van der Waals surface area (Å²) < 4.78 is 5.21. The van der Waals surface area contributed by atoms with Crippen LogP contribution in [0.3, 0.4) is 0 Å². The second kappa shape index (κ2) is 17.5. The van der Waals surface area contributed by atoms with Gasteiger partial charge in [-0.05, 0) is 33.9 Å². The van der Waals surface area contributed by atoms with Gasteiger partial charge in [-0.25, -0.2) is 4.79 Å². The zero-order valence-corrected chi connectivity index (χ0v) is 18.2. The van der Waals surface area contributed by atoms with Gasteiger partial charge in [0.05, 0.1) is 6.61 Å². The molecule has 0 amide bonds. The Balaban J connectivity index is 0. The quantitative estimate of drug-likeness (QED) is 0.192. The summed E-state index contributed by atoms with van der Waals surface area (Å²) in [6.07, 6.45) is 14.3. The molecule has 0 saturated carbocycles. The molecule has 24 heavy (non-hydrogen) atoms. The van der Waals surface area contributed by atoms with E-state index in [4.69, 9.17) is 4.74 Å². The number of hydrogen-bond donors (Lipinski definition) is 0. The molecule has 0 rings (SSSR count). The Morgan fingerprint density at radius 2 is 1.46 bits per heavy atom. The average molecular weight is 406 g/mol. The van der Waals surface area contributed by atoms with Gasteiger partial charge < -0.3 is 9.64 Å². The number of hydrogen-bond acceptors (Lipinski definition) is 3. The van der Waals surface area contributed by atoms with Crippen LogP contribution in [0.2, 0.25) is 0 Å². The fourth-order valence-corrected chi connectivity index (χ4v) is 2.76. The first kappa shape index (κ1) is 25.9. The van der Waals surface area contributed by atoms with Gasteiger partial charge >= 0.3 is 5.97 Å². The van der Waals surface area contributed by atoms with E-state index in [9.17, 15) is 4.79 Å². The van der Waals surface area contributed by atoms with Crippen LogP contribution in [0.1, 0.15) is 84.5 Å². The van der Waals surface area contributed by atoms with Gasteiger partial charge in [-0.2, -0.15) is 0 Å². The molecule has 0 aliphatic carbocycles. The van der Waals surface area contributed by atoms with Gasteiger partial charge in [0.2, 0.25) is 0 Å². The molecule has 0 spiro atoms. The van der Waals surface area contributed by atoms with Crippen molar-refractivity contribution in [2.45, 2.75) is 90.5 Å². The lowest BCUT2D eigenvalue weighted by atomic mass is 10.0. The van der Waals surface area contributed by atoms with Gasteiger partial charge in [0.25, 0.3) is 0 Å². The summed E-state index contributed by atoms with van der Waals surface area (Å²) in [5, 5.41) is 0. The molecule has 1 atom stereocenters. The largest absolute Gasteiger partial charge is 0.462 e.